The summed E-state index contributed by atoms with van der Waals surface area (Å²) < 4.78 is 5.13. The van der Waals surface area contributed by atoms with Crippen LogP contribution in [0.25, 0.3) is 0 Å². The Labute approximate surface area is 196 Å². The Balaban J connectivity index is 1.66. The number of carbonyl (C=O) groups excluding carboxylic acids is 2. The van der Waals surface area contributed by atoms with Gasteiger partial charge in [0.25, 0.3) is 5.91 Å². The Kier molecular flexibility index (Phi) is 7.99. The topological polar surface area (TPSA) is 105 Å². The second-order valence-corrected chi connectivity index (χ2v) is 8.56. The number of carboxylic acids is 1. The molecule has 0 aromatic heterocycles. The second kappa shape index (κ2) is 10.7. The highest BCUT2D eigenvalue weighted by Crippen LogP contribution is 2.31. The van der Waals surface area contributed by atoms with Crippen LogP contribution < -0.4 is 15.4 Å². The molecule has 1 aliphatic carbocycles. The molecule has 32 heavy (non-hydrogen) atoms. The van der Waals surface area contributed by atoms with Crippen molar-refractivity contribution < 1.29 is 24.2 Å². The van der Waals surface area contributed by atoms with Crippen LogP contribution in [0.4, 0.5) is 5.69 Å². The molecule has 3 N–H and O–H groups in total. The van der Waals surface area contributed by atoms with Crippen molar-refractivity contribution in [3.8, 4) is 5.75 Å². The van der Waals surface area contributed by atoms with Crippen LogP contribution in [-0.4, -0.2) is 30.0 Å². The molecule has 170 valence electrons. The van der Waals surface area contributed by atoms with Gasteiger partial charge in [0.05, 0.1) is 29.3 Å². The van der Waals surface area contributed by atoms with Gasteiger partial charge in [-0.15, -0.1) is 0 Å². The molecule has 0 atom stereocenters. The van der Waals surface area contributed by atoms with Crippen LogP contribution in [0.2, 0.25) is 10.0 Å². The zero-order valence-corrected chi connectivity index (χ0v) is 19.0. The summed E-state index contributed by atoms with van der Waals surface area (Å²) in [6, 6.07) is 9.89. The van der Waals surface area contributed by atoms with E-state index in [0.29, 0.717) is 47.2 Å². The van der Waals surface area contributed by atoms with E-state index in [0.717, 1.165) is 5.56 Å². The monoisotopic (exact) mass is 478 g/mol. The van der Waals surface area contributed by atoms with Gasteiger partial charge in [0, 0.05) is 17.5 Å². The van der Waals surface area contributed by atoms with Crippen LogP contribution in [0.5, 0.6) is 5.75 Å². The molecule has 1 aliphatic rings. The molecular formula is C23H24Cl2N2O5. The Bertz CT molecular complexity index is 1020. The van der Waals surface area contributed by atoms with E-state index in [1.54, 1.807) is 30.3 Å². The first kappa shape index (κ1) is 23.9. The number of carbonyl (C=O) groups is 3. The highest BCUT2D eigenvalue weighted by Gasteiger charge is 2.30. The average molecular weight is 479 g/mol. The largest absolute Gasteiger partial charge is 0.495 e. The maximum Gasteiger partial charge on any atom is 0.306 e. The normalized spacial score (nSPS) is 18.0. The average Bonchev–Trinajstić information content (AvgIpc) is 2.78. The summed E-state index contributed by atoms with van der Waals surface area (Å²) in [5, 5.41) is 15.5. The van der Waals surface area contributed by atoms with Crippen LogP contribution in [0.1, 0.15) is 41.6 Å². The maximum absolute atomic E-state index is 12.8. The van der Waals surface area contributed by atoms with Crippen LogP contribution >= 0.6 is 23.2 Å². The van der Waals surface area contributed by atoms with Crippen molar-refractivity contribution in [1.82, 2.24) is 5.32 Å². The molecule has 1 saturated carbocycles. The first-order valence-electron chi connectivity index (χ1n) is 10.2. The van der Waals surface area contributed by atoms with E-state index in [-0.39, 0.29) is 23.9 Å². The van der Waals surface area contributed by atoms with Gasteiger partial charge in [-0.2, -0.15) is 0 Å². The van der Waals surface area contributed by atoms with Gasteiger partial charge in [-0.1, -0.05) is 29.3 Å². The molecule has 2 aromatic carbocycles. The second-order valence-electron chi connectivity index (χ2n) is 7.72. The van der Waals surface area contributed by atoms with E-state index in [2.05, 4.69) is 10.6 Å². The summed E-state index contributed by atoms with van der Waals surface area (Å²) >= 11 is 12.2. The fraction of sp³-hybridized carbons (Fsp3) is 0.348. The lowest BCUT2D eigenvalue weighted by Crippen LogP contribution is -2.30. The Morgan fingerprint density at radius 1 is 1.03 bits per heavy atom. The molecule has 1 fully saturated rings. The lowest BCUT2D eigenvalue weighted by Gasteiger charge is -2.25. The summed E-state index contributed by atoms with van der Waals surface area (Å²) in [5.41, 5.74) is 1.38. The van der Waals surface area contributed by atoms with E-state index >= 15 is 0 Å². The van der Waals surface area contributed by atoms with E-state index in [1.165, 1.54) is 13.2 Å². The number of amides is 2. The van der Waals surface area contributed by atoms with E-state index < -0.39 is 17.8 Å². The molecule has 2 aromatic rings. The molecule has 0 spiro atoms. The Morgan fingerprint density at radius 2 is 1.72 bits per heavy atom. The van der Waals surface area contributed by atoms with Gasteiger partial charge in [-0.3, -0.25) is 14.4 Å². The number of methoxy groups -OCH3 is 1. The SMILES string of the molecule is COc1ccc(CNC(=O)c2cc(Cl)ccc2NC(=O)[C@H]2CC[C@H](C(=O)O)CC2)cc1Cl. The highest BCUT2D eigenvalue weighted by atomic mass is 35.5. The minimum atomic E-state index is -0.821. The van der Waals surface area contributed by atoms with Crippen LogP contribution in [0, 0.1) is 11.8 Å². The number of benzene rings is 2. The first-order chi connectivity index (χ1) is 15.3. The van der Waals surface area contributed by atoms with Gasteiger partial charge in [0.2, 0.25) is 5.91 Å². The van der Waals surface area contributed by atoms with Gasteiger partial charge < -0.3 is 20.5 Å². The van der Waals surface area contributed by atoms with Gasteiger partial charge in [0.1, 0.15) is 5.75 Å². The maximum atomic E-state index is 12.8. The highest BCUT2D eigenvalue weighted by molar-refractivity contribution is 6.32. The van der Waals surface area contributed by atoms with Crippen LogP contribution in [0.3, 0.4) is 0 Å². The quantitative estimate of drug-likeness (QED) is 0.531. The molecule has 9 heteroatoms. The van der Waals surface area contributed by atoms with Crippen molar-refractivity contribution >= 4 is 46.7 Å². The fourth-order valence-corrected chi connectivity index (χ4v) is 4.20. The Morgan fingerprint density at radius 3 is 2.34 bits per heavy atom. The van der Waals surface area contributed by atoms with Gasteiger partial charge >= 0.3 is 5.97 Å². The standard InChI is InChI=1S/C23H24Cl2N2O5/c1-32-20-9-2-13(10-18(20)25)12-26-22(29)17-11-16(24)7-8-19(17)27-21(28)14-3-5-15(6-4-14)23(30)31/h2,7-11,14-15H,3-6,12H2,1H3,(H,26,29)(H,27,28)(H,30,31)/t14-,15-. The number of carboxylic acid groups (broad SMARTS) is 1. The van der Waals surface area contributed by atoms with E-state index in [4.69, 9.17) is 33.0 Å². The molecule has 0 bridgehead atoms. The predicted octanol–water partition coefficient (Wildman–Crippen LogP) is 4.76. The third-order valence-corrected chi connectivity index (χ3v) is 6.13. The van der Waals surface area contributed by atoms with Gasteiger partial charge in [-0.05, 0) is 61.6 Å². The zero-order valence-electron chi connectivity index (χ0n) is 17.5. The number of hydrogen-bond acceptors (Lipinski definition) is 4. The molecular weight excluding hydrogens is 455 g/mol. The third-order valence-electron chi connectivity index (χ3n) is 5.60. The van der Waals surface area contributed by atoms with Crippen LogP contribution in [-0.2, 0) is 16.1 Å². The van der Waals surface area contributed by atoms with Crippen molar-refractivity contribution in [2.45, 2.75) is 32.2 Å². The third kappa shape index (κ3) is 5.93. The molecule has 0 radical (unpaired) electrons. The smallest absolute Gasteiger partial charge is 0.306 e. The van der Waals surface area contributed by atoms with Crippen molar-refractivity contribution in [1.29, 1.82) is 0 Å². The fourth-order valence-electron chi connectivity index (χ4n) is 3.75. The number of hydrogen-bond donors (Lipinski definition) is 3. The lowest BCUT2D eigenvalue weighted by atomic mass is 9.81. The summed E-state index contributed by atoms with van der Waals surface area (Å²) in [5.74, 6) is -1.60. The molecule has 2 amide bonds. The van der Waals surface area contributed by atoms with E-state index in [1.807, 2.05) is 0 Å². The number of nitrogens with one attached hydrogen (secondary N) is 2. The summed E-state index contributed by atoms with van der Waals surface area (Å²) in [4.78, 5) is 36.7. The Hall–Kier alpha value is -2.77. The molecule has 0 aliphatic heterocycles. The zero-order chi connectivity index (χ0) is 23.3. The number of rotatable bonds is 7. The van der Waals surface area contributed by atoms with Crippen molar-refractivity contribution in [3.63, 3.8) is 0 Å². The van der Waals surface area contributed by atoms with Crippen molar-refractivity contribution in [2.24, 2.45) is 11.8 Å². The lowest BCUT2D eigenvalue weighted by molar-refractivity contribution is -0.143. The molecule has 3 rings (SSSR count). The van der Waals surface area contributed by atoms with Crippen molar-refractivity contribution in [2.75, 3.05) is 12.4 Å². The summed E-state index contributed by atoms with van der Waals surface area (Å²) in [6.45, 7) is 0.224. The molecule has 0 saturated heterocycles. The minimum Gasteiger partial charge on any atom is -0.495 e. The van der Waals surface area contributed by atoms with E-state index in [9.17, 15) is 14.4 Å². The molecule has 0 unspecified atom stereocenters. The van der Waals surface area contributed by atoms with Gasteiger partial charge in [-0.25, -0.2) is 0 Å². The van der Waals surface area contributed by atoms with Crippen molar-refractivity contribution in [3.05, 3.63) is 57.6 Å². The molecule has 7 nitrogen and oxygen atoms in total. The first-order valence-corrected chi connectivity index (χ1v) is 11.0. The number of ether oxygens (including phenoxy) is 1. The number of halogens is 2. The minimum absolute atomic E-state index is 0.224. The van der Waals surface area contributed by atoms with Gasteiger partial charge in [0.15, 0.2) is 0 Å². The molecule has 0 heterocycles. The summed E-state index contributed by atoms with van der Waals surface area (Å²) in [7, 11) is 1.52. The summed E-state index contributed by atoms with van der Waals surface area (Å²) in [6.07, 6.45) is 1.92. The number of anilines is 1. The number of aliphatic carboxylic acids is 1. The predicted molar refractivity (Wildman–Crippen MR) is 122 cm³/mol. The van der Waals surface area contributed by atoms with Crippen LogP contribution in [0.15, 0.2) is 36.4 Å².